The molecule has 0 aliphatic carbocycles. The van der Waals surface area contributed by atoms with Crippen LogP contribution in [-0.2, 0) is 9.47 Å². The zero-order valence-corrected chi connectivity index (χ0v) is 18.4. The van der Waals surface area contributed by atoms with Gasteiger partial charge in [-0.1, -0.05) is 42.5 Å². The molecule has 3 heterocycles. The van der Waals surface area contributed by atoms with Crippen molar-refractivity contribution in [2.24, 2.45) is 0 Å². The standard InChI is InChI=1S/C25H25N5O3/c1-2-32-25(31)23-21(26)22(28-24(29-23)16-9-4-3-5-10-16)17-11-8-12-19-18(17)15-27-30(19)20-13-6-7-14-33-20/h3-5,8-12,15,20H,2,6-7,13-14,26H2,1H3. The van der Waals surface area contributed by atoms with Gasteiger partial charge in [0.15, 0.2) is 17.7 Å². The van der Waals surface area contributed by atoms with Crippen molar-refractivity contribution in [3.63, 3.8) is 0 Å². The molecule has 1 unspecified atom stereocenters. The monoisotopic (exact) mass is 443 g/mol. The van der Waals surface area contributed by atoms with Crippen LogP contribution in [0.15, 0.2) is 54.7 Å². The topological polar surface area (TPSA) is 105 Å². The Hall–Kier alpha value is -3.78. The number of anilines is 1. The van der Waals surface area contributed by atoms with Crippen LogP contribution in [0.3, 0.4) is 0 Å². The summed E-state index contributed by atoms with van der Waals surface area (Å²) in [4.78, 5) is 21.9. The highest BCUT2D eigenvalue weighted by atomic mass is 16.5. The molecule has 1 aliphatic rings. The summed E-state index contributed by atoms with van der Waals surface area (Å²) in [7, 11) is 0. The van der Waals surface area contributed by atoms with Gasteiger partial charge in [-0.2, -0.15) is 5.10 Å². The largest absolute Gasteiger partial charge is 0.461 e. The van der Waals surface area contributed by atoms with Crippen LogP contribution in [0.5, 0.6) is 0 Å². The summed E-state index contributed by atoms with van der Waals surface area (Å²) < 4.78 is 13.1. The number of benzene rings is 2. The van der Waals surface area contributed by atoms with Gasteiger partial charge in [0.05, 0.1) is 29.7 Å². The first-order chi connectivity index (χ1) is 16.2. The Morgan fingerprint density at radius 2 is 2.00 bits per heavy atom. The van der Waals surface area contributed by atoms with E-state index in [9.17, 15) is 4.79 Å². The number of nitrogens with two attached hydrogens (primary N) is 1. The first kappa shape index (κ1) is 21.1. The van der Waals surface area contributed by atoms with E-state index in [4.69, 9.17) is 20.2 Å². The van der Waals surface area contributed by atoms with Gasteiger partial charge in [-0.15, -0.1) is 0 Å². The molecule has 4 aromatic rings. The predicted molar refractivity (Wildman–Crippen MR) is 125 cm³/mol. The van der Waals surface area contributed by atoms with Gasteiger partial charge in [0.2, 0.25) is 0 Å². The Morgan fingerprint density at radius 1 is 1.15 bits per heavy atom. The van der Waals surface area contributed by atoms with Crippen LogP contribution < -0.4 is 5.73 Å². The Bertz CT molecular complexity index is 1300. The molecule has 0 spiro atoms. The number of fused-ring (bicyclic) bond motifs is 1. The van der Waals surface area contributed by atoms with Gasteiger partial charge in [-0.25, -0.2) is 19.4 Å². The average molecular weight is 444 g/mol. The van der Waals surface area contributed by atoms with E-state index in [-0.39, 0.29) is 24.2 Å². The second-order valence-electron chi connectivity index (χ2n) is 7.89. The zero-order valence-electron chi connectivity index (χ0n) is 18.4. The Kier molecular flexibility index (Phi) is 5.75. The van der Waals surface area contributed by atoms with Crippen LogP contribution in [0.1, 0.15) is 42.9 Å². The second-order valence-corrected chi connectivity index (χ2v) is 7.89. The van der Waals surface area contributed by atoms with Crippen molar-refractivity contribution in [1.82, 2.24) is 19.7 Å². The average Bonchev–Trinajstić information content (AvgIpc) is 3.30. The van der Waals surface area contributed by atoms with Crippen LogP contribution in [0.2, 0.25) is 0 Å². The molecule has 1 saturated heterocycles. The molecule has 33 heavy (non-hydrogen) atoms. The van der Waals surface area contributed by atoms with Gasteiger partial charge in [-0.3, -0.25) is 0 Å². The molecule has 2 aromatic carbocycles. The maximum absolute atomic E-state index is 12.7. The van der Waals surface area contributed by atoms with E-state index < -0.39 is 5.97 Å². The smallest absolute Gasteiger partial charge is 0.359 e. The van der Waals surface area contributed by atoms with Crippen molar-refractivity contribution in [1.29, 1.82) is 0 Å². The first-order valence-corrected chi connectivity index (χ1v) is 11.2. The number of carbonyl (C=O) groups excluding carboxylic acids is 1. The summed E-state index contributed by atoms with van der Waals surface area (Å²) >= 11 is 0. The van der Waals surface area contributed by atoms with Gasteiger partial charge in [0.25, 0.3) is 0 Å². The molecular formula is C25H25N5O3. The number of ether oxygens (including phenoxy) is 2. The molecule has 5 rings (SSSR count). The van der Waals surface area contributed by atoms with Gasteiger partial charge in [0.1, 0.15) is 0 Å². The van der Waals surface area contributed by atoms with E-state index >= 15 is 0 Å². The SMILES string of the molecule is CCOC(=O)c1nc(-c2ccccc2)nc(-c2cccc3c2cnn3C2CCCCO2)c1N. The predicted octanol–water partition coefficient (Wildman–Crippen LogP) is 4.62. The Morgan fingerprint density at radius 3 is 2.76 bits per heavy atom. The van der Waals surface area contributed by atoms with Crippen molar-refractivity contribution < 1.29 is 14.3 Å². The summed E-state index contributed by atoms with van der Waals surface area (Å²) in [6.45, 7) is 2.70. The molecule has 0 radical (unpaired) electrons. The third-order valence-corrected chi connectivity index (χ3v) is 5.77. The third-order valence-electron chi connectivity index (χ3n) is 5.77. The molecule has 0 bridgehead atoms. The van der Waals surface area contributed by atoms with Gasteiger partial charge in [0, 0.05) is 23.1 Å². The molecule has 2 aromatic heterocycles. The summed E-state index contributed by atoms with van der Waals surface area (Å²) in [6, 6.07) is 15.4. The zero-order chi connectivity index (χ0) is 22.8. The third kappa shape index (κ3) is 3.93. The van der Waals surface area contributed by atoms with Crippen LogP contribution in [0.25, 0.3) is 33.5 Å². The lowest BCUT2D eigenvalue weighted by atomic mass is 10.0. The first-order valence-electron chi connectivity index (χ1n) is 11.2. The second kappa shape index (κ2) is 8.99. The highest BCUT2D eigenvalue weighted by molar-refractivity contribution is 6.02. The molecule has 168 valence electrons. The fraction of sp³-hybridized carbons (Fsp3) is 0.280. The number of hydrogen-bond donors (Lipinski definition) is 1. The number of aromatic nitrogens is 4. The van der Waals surface area contributed by atoms with E-state index in [1.165, 1.54) is 0 Å². The summed E-state index contributed by atoms with van der Waals surface area (Å²) in [6.07, 6.45) is 4.80. The normalized spacial score (nSPS) is 16.1. The molecule has 8 nitrogen and oxygen atoms in total. The molecule has 8 heteroatoms. The lowest BCUT2D eigenvalue weighted by Crippen LogP contribution is -2.18. The van der Waals surface area contributed by atoms with Gasteiger partial charge in [-0.05, 0) is 32.3 Å². The minimum atomic E-state index is -0.575. The van der Waals surface area contributed by atoms with E-state index in [1.54, 1.807) is 13.1 Å². The Labute approximate surface area is 191 Å². The van der Waals surface area contributed by atoms with Crippen LogP contribution in [-0.4, -0.2) is 38.9 Å². The number of carbonyl (C=O) groups is 1. The number of rotatable bonds is 5. The van der Waals surface area contributed by atoms with Crippen molar-refractivity contribution in [3.8, 4) is 22.6 Å². The fourth-order valence-electron chi connectivity index (χ4n) is 4.17. The molecule has 0 saturated carbocycles. The maximum Gasteiger partial charge on any atom is 0.359 e. The van der Waals surface area contributed by atoms with Crippen LogP contribution in [0, 0.1) is 0 Å². The molecule has 2 N–H and O–H groups in total. The molecule has 1 atom stereocenters. The van der Waals surface area contributed by atoms with Gasteiger partial charge < -0.3 is 15.2 Å². The minimum absolute atomic E-state index is 0.0562. The molecule has 0 amide bonds. The van der Waals surface area contributed by atoms with E-state index in [0.29, 0.717) is 11.5 Å². The van der Waals surface area contributed by atoms with Crippen molar-refractivity contribution in [3.05, 3.63) is 60.4 Å². The summed E-state index contributed by atoms with van der Waals surface area (Å²) in [5.74, 6) is -0.169. The van der Waals surface area contributed by atoms with E-state index in [2.05, 4.69) is 10.1 Å². The highest BCUT2D eigenvalue weighted by Gasteiger charge is 2.24. The van der Waals surface area contributed by atoms with Crippen molar-refractivity contribution in [2.45, 2.75) is 32.4 Å². The van der Waals surface area contributed by atoms with Crippen LogP contribution in [0.4, 0.5) is 5.69 Å². The number of nitrogen functional groups attached to an aromatic ring is 1. The lowest BCUT2D eigenvalue weighted by molar-refractivity contribution is -0.0366. The quantitative estimate of drug-likeness (QED) is 0.449. The molecule has 1 fully saturated rings. The fourth-order valence-corrected chi connectivity index (χ4v) is 4.17. The number of hydrogen-bond acceptors (Lipinski definition) is 7. The lowest BCUT2D eigenvalue weighted by Gasteiger charge is -2.23. The molecular weight excluding hydrogens is 418 g/mol. The summed E-state index contributed by atoms with van der Waals surface area (Å²) in [5, 5.41) is 5.50. The minimum Gasteiger partial charge on any atom is -0.461 e. The van der Waals surface area contributed by atoms with Crippen molar-refractivity contribution >= 4 is 22.6 Å². The maximum atomic E-state index is 12.7. The molecule has 1 aliphatic heterocycles. The highest BCUT2D eigenvalue weighted by Crippen LogP contribution is 2.35. The number of esters is 1. The van der Waals surface area contributed by atoms with Crippen molar-refractivity contribution in [2.75, 3.05) is 18.9 Å². The van der Waals surface area contributed by atoms with Crippen LogP contribution >= 0.6 is 0 Å². The van der Waals surface area contributed by atoms with E-state index in [1.807, 2.05) is 53.2 Å². The summed E-state index contributed by atoms with van der Waals surface area (Å²) in [5.41, 5.74) is 9.65. The Balaban J connectivity index is 1.69. The van der Waals surface area contributed by atoms with Gasteiger partial charge >= 0.3 is 5.97 Å². The number of nitrogens with zero attached hydrogens (tertiary/aromatic N) is 4. The van der Waals surface area contributed by atoms with E-state index in [0.717, 1.165) is 47.9 Å².